The molecule has 0 aromatic heterocycles. The van der Waals surface area contributed by atoms with Gasteiger partial charge in [0.25, 0.3) is 0 Å². The van der Waals surface area contributed by atoms with Crippen molar-refractivity contribution in [1.29, 1.82) is 0 Å². The number of aryl methyl sites for hydroxylation is 2. The van der Waals surface area contributed by atoms with Crippen molar-refractivity contribution in [3.8, 4) is 0 Å². The topological polar surface area (TPSA) is 0 Å². The first-order valence-corrected chi connectivity index (χ1v) is 7.11. The van der Waals surface area contributed by atoms with Gasteiger partial charge >= 0.3 is 0 Å². The molecule has 1 rings (SSSR count). The van der Waals surface area contributed by atoms with Crippen LogP contribution in [0.3, 0.4) is 0 Å². The average molecular weight is 236 g/mol. The predicted molar refractivity (Wildman–Crippen MR) is 75.6 cm³/mol. The van der Waals surface area contributed by atoms with E-state index in [4.69, 9.17) is 0 Å². The lowest BCUT2D eigenvalue weighted by Gasteiger charge is -2.16. The van der Waals surface area contributed by atoms with Crippen molar-refractivity contribution in [3.63, 3.8) is 0 Å². The highest BCUT2D eigenvalue weighted by Gasteiger charge is 2.10. The van der Waals surface area contributed by atoms with Crippen LogP contribution in [0, 0.1) is 13.8 Å². The van der Waals surface area contributed by atoms with Gasteiger partial charge < -0.3 is 0 Å². The van der Waals surface area contributed by atoms with Crippen LogP contribution in [0.15, 0.2) is 17.0 Å². The fraction of sp³-hybridized carbons (Fsp3) is 0.600. The van der Waals surface area contributed by atoms with Gasteiger partial charge in [0.1, 0.15) is 0 Å². The normalized spacial score (nSPS) is 13.2. The van der Waals surface area contributed by atoms with Crippen molar-refractivity contribution < 1.29 is 0 Å². The van der Waals surface area contributed by atoms with Crippen LogP contribution in [0.1, 0.15) is 56.7 Å². The molecule has 0 radical (unpaired) electrons. The highest BCUT2D eigenvalue weighted by Crippen LogP contribution is 2.32. The molecule has 0 aliphatic rings. The number of benzene rings is 1. The van der Waals surface area contributed by atoms with E-state index in [1.54, 1.807) is 0 Å². The minimum atomic E-state index is 0.659. The van der Waals surface area contributed by atoms with E-state index in [0.717, 1.165) is 0 Å². The summed E-state index contributed by atoms with van der Waals surface area (Å²) in [5, 5.41) is 0.659. The van der Waals surface area contributed by atoms with E-state index in [-0.39, 0.29) is 0 Å². The molecule has 0 amide bonds. The van der Waals surface area contributed by atoms with Gasteiger partial charge in [-0.1, -0.05) is 39.8 Å². The van der Waals surface area contributed by atoms with Gasteiger partial charge in [0.15, 0.2) is 0 Å². The van der Waals surface area contributed by atoms with Crippen LogP contribution in [-0.2, 0) is 0 Å². The standard InChI is InChI=1S/C15H24S/c1-7-11(4)14-8-12(5)15(13(6)9-14)16-10(2)3/h8-11H,7H2,1-6H3. The Labute approximate surface area is 105 Å². The molecule has 1 heteroatoms. The summed E-state index contributed by atoms with van der Waals surface area (Å²) in [7, 11) is 0. The summed E-state index contributed by atoms with van der Waals surface area (Å²) in [5.74, 6) is 0.676. The predicted octanol–water partition coefficient (Wildman–Crippen LogP) is 5.32. The maximum atomic E-state index is 2.37. The van der Waals surface area contributed by atoms with Crippen molar-refractivity contribution in [2.75, 3.05) is 0 Å². The summed E-state index contributed by atoms with van der Waals surface area (Å²) in [4.78, 5) is 1.47. The maximum Gasteiger partial charge on any atom is 0.0133 e. The smallest absolute Gasteiger partial charge is 0.0133 e. The van der Waals surface area contributed by atoms with Crippen LogP contribution in [0.4, 0.5) is 0 Å². The third-order valence-electron chi connectivity index (χ3n) is 3.02. The molecule has 0 aliphatic carbocycles. The monoisotopic (exact) mass is 236 g/mol. The summed E-state index contributed by atoms with van der Waals surface area (Å²) < 4.78 is 0. The van der Waals surface area contributed by atoms with E-state index in [1.165, 1.54) is 28.0 Å². The number of hydrogen-bond acceptors (Lipinski definition) is 1. The molecule has 1 unspecified atom stereocenters. The molecule has 1 aromatic carbocycles. The van der Waals surface area contributed by atoms with E-state index in [9.17, 15) is 0 Å². The highest BCUT2D eigenvalue weighted by atomic mass is 32.2. The first-order chi connectivity index (χ1) is 7.45. The molecule has 0 bridgehead atoms. The van der Waals surface area contributed by atoms with E-state index < -0.39 is 0 Å². The Morgan fingerprint density at radius 1 is 1.06 bits per heavy atom. The van der Waals surface area contributed by atoms with Crippen LogP contribution in [0.25, 0.3) is 0 Å². The van der Waals surface area contributed by atoms with Gasteiger partial charge in [0.05, 0.1) is 0 Å². The molecule has 1 aromatic rings. The van der Waals surface area contributed by atoms with Crippen LogP contribution in [0.2, 0.25) is 0 Å². The Balaban J connectivity index is 3.07. The Morgan fingerprint density at radius 3 is 1.94 bits per heavy atom. The quantitative estimate of drug-likeness (QED) is 0.638. The molecule has 0 saturated heterocycles. The summed E-state index contributed by atoms with van der Waals surface area (Å²) in [6.07, 6.45) is 1.22. The molecule has 1 atom stereocenters. The highest BCUT2D eigenvalue weighted by molar-refractivity contribution is 8.00. The maximum absolute atomic E-state index is 2.37. The first-order valence-electron chi connectivity index (χ1n) is 6.23. The second kappa shape index (κ2) is 5.77. The van der Waals surface area contributed by atoms with E-state index in [0.29, 0.717) is 11.2 Å². The van der Waals surface area contributed by atoms with Crippen LogP contribution in [-0.4, -0.2) is 5.25 Å². The minimum Gasteiger partial charge on any atom is -0.123 e. The Morgan fingerprint density at radius 2 is 1.56 bits per heavy atom. The lowest BCUT2D eigenvalue weighted by molar-refractivity contribution is 0.730. The summed E-state index contributed by atoms with van der Waals surface area (Å²) >= 11 is 1.98. The average Bonchev–Trinajstić information content (AvgIpc) is 2.21. The lowest BCUT2D eigenvalue weighted by atomic mass is 9.95. The molecule has 0 saturated carbocycles. The van der Waals surface area contributed by atoms with Crippen LogP contribution >= 0.6 is 11.8 Å². The van der Waals surface area contributed by atoms with Gasteiger partial charge in [-0.2, -0.15) is 0 Å². The molecular formula is C15H24S. The summed E-state index contributed by atoms with van der Waals surface area (Å²) in [5.41, 5.74) is 4.37. The van der Waals surface area contributed by atoms with Crippen molar-refractivity contribution in [2.45, 2.75) is 64.0 Å². The zero-order valence-corrected chi connectivity index (χ0v) is 12.2. The number of thioether (sulfide) groups is 1. The van der Waals surface area contributed by atoms with Crippen molar-refractivity contribution in [2.24, 2.45) is 0 Å². The zero-order valence-electron chi connectivity index (χ0n) is 11.4. The Bertz CT molecular complexity index is 329. The Hall–Kier alpha value is -0.430. The van der Waals surface area contributed by atoms with Gasteiger partial charge in [-0.3, -0.25) is 0 Å². The van der Waals surface area contributed by atoms with Gasteiger partial charge in [-0.05, 0) is 42.9 Å². The largest absolute Gasteiger partial charge is 0.123 e. The van der Waals surface area contributed by atoms with Gasteiger partial charge in [0, 0.05) is 10.1 Å². The third kappa shape index (κ3) is 3.28. The Kier molecular flexibility index (Phi) is 4.91. The SMILES string of the molecule is CCC(C)c1cc(C)c(SC(C)C)c(C)c1. The molecule has 90 valence electrons. The van der Waals surface area contributed by atoms with Gasteiger partial charge in [-0.25, -0.2) is 0 Å². The van der Waals surface area contributed by atoms with Crippen LogP contribution in [0.5, 0.6) is 0 Å². The summed E-state index contributed by atoms with van der Waals surface area (Å²) in [6, 6.07) is 4.73. The van der Waals surface area contributed by atoms with E-state index in [2.05, 4.69) is 53.7 Å². The molecule has 0 spiro atoms. The second-order valence-electron chi connectivity index (χ2n) is 4.96. The van der Waals surface area contributed by atoms with E-state index in [1.807, 2.05) is 11.8 Å². The molecule has 16 heavy (non-hydrogen) atoms. The van der Waals surface area contributed by atoms with Crippen molar-refractivity contribution >= 4 is 11.8 Å². The molecule has 0 fully saturated rings. The minimum absolute atomic E-state index is 0.659. The molecule has 0 nitrogen and oxygen atoms in total. The van der Waals surface area contributed by atoms with Crippen molar-refractivity contribution in [1.82, 2.24) is 0 Å². The molecule has 0 heterocycles. The number of hydrogen-bond donors (Lipinski definition) is 0. The second-order valence-corrected chi connectivity index (χ2v) is 6.55. The molecule has 0 N–H and O–H groups in total. The third-order valence-corrected chi connectivity index (χ3v) is 4.37. The molecule has 0 aliphatic heterocycles. The van der Waals surface area contributed by atoms with Gasteiger partial charge in [-0.15, -0.1) is 11.8 Å². The number of rotatable bonds is 4. The molecular weight excluding hydrogens is 212 g/mol. The first kappa shape index (κ1) is 13.6. The fourth-order valence-corrected chi connectivity index (χ4v) is 2.89. The van der Waals surface area contributed by atoms with Crippen molar-refractivity contribution in [3.05, 3.63) is 28.8 Å². The van der Waals surface area contributed by atoms with Crippen LogP contribution < -0.4 is 0 Å². The van der Waals surface area contributed by atoms with Gasteiger partial charge in [0.2, 0.25) is 0 Å². The van der Waals surface area contributed by atoms with E-state index >= 15 is 0 Å². The zero-order chi connectivity index (χ0) is 12.3. The summed E-state index contributed by atoms with van der Waals surface area (Å²) in [6.45, 7) is 13.6. The lowest BCUT2D eigenvalue weighted by Crippen LogP contribution is -1.97. The fourth-order valence-electron chi connectivity index (χ4n) is 1.93.